The molecule has 0 unspecified atom stereocenters. The molecule has 104 valence electrons. The number of hydrogen-bond donors (Lipinski definition) is 1. The van der Waals surface area contributed by atoms with Crippen molar-refractivity contribution in [2.24, 2.45) is 0 Å². The Labute approximate surface area is 117 Å². The summed E-state index contributed by atoms with van der Waals surface area (Å²) in [6, 6.07) is 11.1. The van der Waals surface area contributed by atoms with Gasteiger partial charge in [0.25, 0.3) is 0 Å². The maximum Gasteiger partial charge on any atom is 0.213 e. The van der Waals surface area contributed by atoms with Crippen LogP contribution in [0.5, 0.6) is 5.88 Å². The fraction of sp³-hybridized carbons (Fsp3) is 0.312. The molecule has 1 N–H and O–H groups in total. The minimum absolute atomic E-state index is 0.194. The van der Waals surface area contributed by atoms with Crippen LogP contribution in [0, 0.1) is 5.82 Å². The Bertz CT molecular complexity index is 584. The van der Waals surface area contributed by atoms with Gasteiger partial charge in [-0.05, 0) is 30.5 Å². The van der Waals surface area contributed by atoms with E-state index in [4.69, 9.17) is 4.74 Å². The molecule has 0 atom stereocenters. The Hall–Kier alpha value is -1.94. The first-order valence-corrected chi connectivity index (χ1v) is 6.86. The first-order valence-electron chi connectivity index (χ1n) is 6.86. The standard InChI is InChI=1S/C16H17FN2O/c17-15-4-2-1-3-13(15)11-20-16-9-12(7-8-18-16)10-19-14-5-6-14/h1-4,7-9,14,19H,5-6,10-11H2. The van der Waals surface area contributed by atoms with Gasteiger partial charge in [-0.2, -0.15) is 0 Å². The molecular weight excluding hydrogens is 255 g/mol. The third kappa shape index (κ3) is 3.54. The van der Waals surface area contributed by atoms with Crippen molar-refractivity contribution in [3.05, 3.63) is 59.5 Å². The van der Waals surface area contributed by atoms with Crippen molar-refractivity contribution >= 4 is 0 Å². The highest BCUT2D eigenvalue weighted by Gasteiger charge is 2.19. The van der Waals surface area contributed by atoms with Crippen molar-refractivity contribution in [3.8, 4) is 5.88 Å². The summed E-state index contributed by atoms with van der Waals surface area (Å²) in [6.45, 7) is 1.02. The first kappa shape index (κ1) is 13.1. The molecule has 0 amide bonds. The Kier molecular flexibility index (Phi) is 3.92. The molecule has 3 nitrogen and oxygen atoms in total. The molecule has 1 aromatic carbocycles. The maximum absolute atomic E-state index is 13.5. The van der Waals surface area contributed by atoms with Crippen LogP contribution in [0.2, 0.25) is 0 Å². The molecule has 1 aliphatic rings. The third-order valence-electron chi connectivity index (χ3n) is 3.30. The van der Waals surface area contributed by atoms with Crippen LogP contribution in [0.15, 0.2) is 42.6 Å². The van der Waals surface area contributed by atoms with Gasteiger partial charge in [0, 0.05) is 30.4 Å². The van der Waals surface area contributed by atoms with E-state index in [9.17, 15) is 4.39 Å². The van der Waals surface area contributed by atoms with Gasteiger partial charge in [-0.3, -0.25) is 0 Å². The van der Waals surface area contributed by atoms with E-state index in [1.54, 1.807) is 24.4 Å². The lowest BCUT2D eigenvalue weighted by Gasteiger charge is -2.08. The van der Waals surface area contributed by atoms with Crippen LogP contribution in [0.1, 0.15) is 24.0 Å². The predicted octanol–water partition coefficient (Wildman–Crippen LogP) is 3.05. The number of nitrogens with zero attached hydrogens (tertiary/aromatic N) is 1. The average Bonchev–Trinajstić information content (AvgIpc) is 3.29. The zero-order valence-corrected chi connectivity index (χ0v) is 11.2. The summed E-state index contributed by atoms with van der Waals surface area (Å²) in [5.74, 6) is 0.280. The van der Waals surface area contributed by atoms with Gasteiger partial charge in [0.15, 0.2) is 0 Å². The van der Waals surface area contributed by atoms with Crippen LogP contribution in [-0.2, 0) is 13.2 Å². The molecule has 1 fully saturated rings. The Morgan fingerprint density at radius 2 is 2.10 bits per heavy atom. The number of nitrogens with one attached hydrogen (secondary N) is 1. The summed E-state index contributed by atoms with van der Waals surface area (Å²) in [4.78, 5) is 4.15. The van der Waals surface area contributed by atoms with Crippen molar-refractivity contribution in [2.45, 2.75) is 32.0 Å². The van der Waals surface area contributed by atoms with Gasteiger partial charge in [-0.25, -0.2) is 9.37 Å². The number of aromatic nitrogens is 1. The van der Waals surface area contributed by atoms with Gasteiger partial charge in [-0.15, -0.1) is 0 Å². The minimum atomic E-state index is -0.251. The van der Waals surface area contributed by atoms with Gasteiger partial charge >= 0.3 is 0 Å². The molecule has 1 saturated carbocycles. The zero-order valence-electron chi connectivity index (χ0n) is 11.2. The second kappa shape index (κ2) is 6.01. The molecule has 0 spiro atoms. The van der Waals surface area contributed by atoms with Gasteiger partial charge in [0.05, 0.1) is 0 Å². The lowest BCUT2D eigenvalue weighted by molar-refractivity contribution is 0.287. The van der Waals surface area contributed by atoms with Gasteiger partial charge in [0.1, 0.15) is 12.4 Å². The van der Waals surface area contributed by atoms with E-state index in [2.05, 4.69) is 10.3 Å². The molecule has 2 aromatic rings. The van der Waals surface area contributed by atoms with Crippen molar-refractivity contribution in [1.29, 1.82) is 0 Å². The largest absolute Gasteiger partial charge is 0.473 e. The molecule has 1 aromatic heterocycles. The summed E-state index contributed by atoms with van der Waals surface area (Å²) in [7, 11) is 0. The van der Waals surface area contributed by atoms with E-state index >= 15 is 0 Å². The predicted molar refractivity (Wildman–Crippen MR) is 74.8 cm³/mol. The fourth-order valence-corrected chi connectivity index (χ4v) is 1.96. The molecular formula is C16H17FN2O. The fourth-order valence-electron chi connectivity index (χ4n) is 1.96. The molecule has 0 aliphatic heterocycles. The summed E-state index contributed by atoms with van der Waals surface area (Å²) >= 11 is 0. The molecule has 0 saturated heterocycles. The normalized spacial score (nSPS) is 14.2. The van der Waals surface area contributed by atoms with E-state index in [1.807, 2.05) is 12.1 Å². The van der Waals surface area contributed by atoms with E-state index in [-0.39, 0.29) is 12.4 Å². The molecule has 0 bridgehead atoms. The second-order valence-corrected chi connectivity index (χ2v) is 5.04. The number of ether oxygens (including phenoxy) is 1. The van der Waals surface area contributed by atoms with Crippen molar-refractivity contribution in [1.82, 2.24) is 10.3 Å². The molecule has 1 heterocycles. The van der Waals surface area contributed by atoms with Gasteiger partial charge in [0.2, 0.25) is 5.88 Å². The number of hydrogen-bond acceptors (Lipinski definition) is 3. The van der Waals surface area contributed by atoms with E-state index < -0.39 is 0 Å². The van der Waals surface area contributed by atoms with Crippen molar-refractivity contribution in [2.75, 3.05) is 0 Å². The second-order valence-electron chi connectivity index (χ2n) is 5.04. The summed E-state index contributed by atoms with van der Waals surface area (Å²) in [5, 5.41) is 3.44. The first-order chi connectivity index (χ1) is 9.81. The Balaban J connectivity index is 1.59. The van der Waals surface area contributed by atoms with E-state index in [0.29, 0.717) is 17.5 Å². The highest BCUT2D eigenvalue weighted by Crippen LogP contribution is 2.20. The number of pyridine rings is 1. The maximum atomic E-state index is 13.5. The van der Waals surface area contributed by atoms with Crippen LogP contribution in [0.3, 0.4) is 0 Å². The smallest absolute Gasteiger partial charge is 0.213 e. The summed E-state index contributed by atoms with van der Waals surface area (Å²) in [5.41, 5.74) is 1.67. The average molecular weight is 272 g/mol. The Morgan fingerprint density at radius 1 is 1.25 bits per heavy atom. The van der Waals surface area contributed by atoms with Crippen LogP contribution < -0.4 is 10.1 Å². The monoisotopic (exact) mass is 272 g/mol. The minimum Gasteiger partial charge on any atom is -0.473 e. The van der Waals surface area contributed by atoms with Crippen LogP contribution in [0.4, 0.5) is 4.39 Å². The molecule has 0 radical (unpaired) electrons. The molecule has 4 heteroatoms. The highest BCUT2D eigenvalue weighted by molar-refractivity contribution is 5.22. The van der Waals surface area contributed by atoms with E-state index in [1.165, 1.54) is 18.9 Å². The lowest BCUT2D eigenvalue weighted by Crippen LogP contribution is -2.15. The van der Waals surface area contributed by atoms with Gasteiger partial charge in [-0.1, -0.05) is 18.2 Å². The summed E-state index contributed by atoms with van der Waals surface area (Å²) in [6.07, 6.45) is 4.25. The third-order valence-corrected chi connectivity index (χ3v) is 3.30. The van der Waals surface area contributed by atoms with Gasteiger partial charge < -0.3 is 10.1 Å². The number of rotatable bonds is 6. The van der Waals surface area contributed by atoms with Crippen LogP contribution in [0.25, 0.3) is 0 Å². The number of benzene rings is 1. The van der Waals surface area contributed by atoms with E-state index in [0.717, 1.165) is 12.1 Å². The van der Waals surface area contributed by atoms with Crippen LogP contribution >= 0.6 is 0 Å². The summed E-state index contributed by atoms with van der Waals surface area (Å²) < 4.78 is 19.0. The lowest BCUT2D eigenvalue weighted by atomic mass is 10.2. The molecule has 1 aliphatic carbocycles. The quantitative estimate of drug-likeness (QED) is 0.877. The number of halogens is 1. The SMILES string of the molecule is Fc1ccccc1COc1cc(CNC2CC2)ccn1. The van der Waals surface area contributed by atoms with Crippen molar-refractivity contribution < 1.29 is 9.13 Å². The zero-order chi connectivity index (χ0) is 13.8. The van der Waals surface area contributed by atoms with Crippen molar-refractivity contribution in [3.63, 3.8) is 0 Å². The Morgan fingerprint density at radius 3 is 2.90 bits per heavy atom. The topological polar surface area (TPSA) is 34.1 Å². The molecule has 20 heavy (non-hydrogen) atoms. The highest BCUT2D eigenvalue weighted by atomic mass is 19.1. The van der Waals surface area contributed by atoms with Crippen LogP contribution in [-0.4, -0.2) is 11.0 Å². The molecule has 3 rings (SSSR count).